The van der Waals surface area contributed by atoms with Gasteiger partial charge in [-0.1, -0.05) is 0 Å². The van der Waals surface area contributed by atoms with Crippen LogP contribution in [0.4, 0.5) is 16.4 Å². The molecule has 0 saturated carbocycles. The fraction of sp³-hybridized carbons (Fsp3) is 0.286. The molecule has 0 atom stereocenters. The summed E-state index contributed by atoms with van der Waals surface area (Å²) in [6, 6.07) is 4.68. The molecule has 1 aromatic heterocycles. The molecule has 0 saturated heterocycles. The topological polar surface area (TPSA) is 137 Å². The Hall–Kier alpha value is -3.30. The summed E-state index contributed by atoms with van der Waals surface area (Å²) in [5.74, 6) is 1.27. The van der Waals surface area contributed by atoms with Gasteiger partial charge in [0.1, 0.15) is 11.5 Å². The molecule has 2 amide bonds. The smallest absolute Gasteiger partial charge is 0.340 e. The molecule has 128 valence electrons. The van der Waals surface area contributed by atoms with Crippen LogP contribution < -0.4 is 25.9 Å². The van der Waals surface area contributed by atoms with Crippen molar-refractivity contribution in [3.63, 3.8) is 0 Å². The standard InChI is InChI=1S/C14H18N6O4/c1-3-22-10-6-5-9(11(7-10)23-4-2)8-16-18-14(21)17-13-12(15)19-24-20-13/h5-8H,3-4H2,1-2H3,(H2,15,19)(H2,17,18,20,21). The number of rotatable bonds is 7. The number of ether oxygens (including phenoxy) is 2. The number of nitrogens with two attached hydrogens (primary N) is 1. The lowest BCUT2D eigenvalue weighted by atomic mass is 10.2. The fourth-order valence-corrected chi connectivity index (χ4v) is 1.74. The van der Waals surface area contributed by atoms with Crippen LogP contribution in [0.25, 0.3) is 0 Å². The maximum Gasteiger partial charge on any atom is 0.340 e. The van der Waals surface area contributed by atoms with E-state index in [1.165, 1.54) is 6.21 Å². The van der Waals surface area contributed by atoms with Crippen molar-refractivity contribution in [3.8, 4) is 11.5 Å². The van der Waals surface area contributed by atoms with Crippen molar-refractivity contribution in [1.82, 2.24) is 15.7 Å². The zero-order valence-electron chi connectivity index (χ0n) is 13.3. The summed E-state index contributed by atoms with van der Waals surface area (Å²) in [4.78, 5) is 11.7. The fourth-order valence-electron chi connectivity index (χ4n) is 1.74. The van der Waals surface area contributed by atoms with Gasteiger partial charge in [0.15, 0.2) is 0 Å². The van der Waals surface area contributed by atoms with Gasteiger partial charge in [-0.25, -0.2) is 14.8 Å². The van der Waals surface area contributed by atoms with Gasteiger partial charge in [0.25, 0.3) is 0 Å². The van der Waals surface area contributed by atoms with E-state index in [1.807, 2.05) is 13.8 Å². The molecule has 1 heterocycles. The third-order valence-electron chi connectivity index (χ3n) is 2.71. The summed E-state index contributed by atoms with van der Waals surface area (Å²) in [7, 11) is 0. The van der Waals surface area contributed by atoms with Gasteiger partial charge in [-0.15, -0.1) is 0 Å². The number of urea groups is 1. The van der Waals surface area contributed by atoms with Crippen molar-refractivity contribution in [2.45, 2.75) is 13.8 Å². The Morgan fingerprint density at radius 1 is 1.33 bits per heavy atom. The molecule has 0 radical (unpaired) electrons. The largest absolute Gasteiger partial charge is 0.494 e. The van der Waals surface area contributed by atoms with Crippen molar-refractivity contribution in [2.75, 3.05) is 24.3 Å². The molecule has 0 bridgehead atoms. The molecular weight excluding hydrogens is 316 g/mol. The van der Waals surface area contributed by atoms with Crippen LogP contribution in [-0.2, 0) is 0 Å². The van der Waals surface area contributed by atoms with E-state index in [-0.39, 0.29) is 11.6 Å². The SMILES string of the molecule is CCOc1ccc(C=NNC(=O)Nc2nonc2N)c(OCC)c1. The molecule has 0 aliphatic rings. The number of nitrogens with zero attached hydrogens (tertiary/aromatic N) is 3. The average Bonchev–Trinajstić information content (AvgIpc) is 2.95. The number of benzene rings is 1. The van der Waals surface area contributed by atoms with Crippen LogP contribution in [0, 0.1) is 0 Å². The molecule has 2 rings (SSSR count). The molecule has 2 aromatic rings. The number of carbonyl (C=O) groups is 1. The molecule has 4 N–H and O–H groups in total. The minimum atomic E-state index is -0.641. The quantitative estimate of drug-likeness (QED) is 0.516. The minimum Gasteiger partial charge on any atom is -0.494 e. The minimum absolute atomic E-state index is 0.0128. The molecule has 0 aliphatic heterocycles. The lowest BCUT2D eigenvalue weighted by Gasteiger charge is -2.10. The Bertz CT molecular complexity index is 715. The number of hydrogen-bond donors (Lipinski definition) is 3. The number of aromatic nitrogens is 2. The van der Waals surface area contributed by atoms with Crippen LogP contribution in [0.5, 0.6) is 11.5 Å². The normalized spacial score (nSPS) is 10.6. The monoisotopic (exact) mass is 334 g/mol. The van der Waals surface area contributed by atoms with Crippen molar-refractivity contribution in [1.29, 1.82) is 0 Å². The van der Waals surface area contributed by atoms with E-state index in [1.54, 1.807) is 18.2 Å². The average molecular weight is 334 g/mol. The van der Waals surface area contributed by atoms with Crippen molar-refractivity contribution in [2.24, 2.45) is 5.10 Å². The lowest BCUT2D eigenvalue weighted by molar-refractivity contribution is 0.252. The summed E-state index contributed by atoms with van der Waals surface area (Å²) in [5, 5.41) is 12.9. The molecule has 10 heteroatoms. The third kappa shape index (κ3) is 4.60. The van der Waals surface area contributed by atoms with Crippen LogP contribution in [-0.4, -0.2) is 35.8 Å². The van der Waals surface area contributed by atoms with Crippen molar-refractivity contribution >= 4 is 23.9 Å². The highest BCUT2D eigenvalue weighted by Crippen LogP contribution is 2.23. The predicted molar refractivity (Wildman–Crippen MR) is 87.2 cm³/mol. The second-order valence-electron chi connectivity index (χ2n) is 4.39. The number of amides is 2. The van der Waals surface area contributed by atoms with Gasteiger partial charge in [-0.3, -0.25) is 5.32 Å². The van der Waals surface area contributed by atoms with Crippen LogP contribution in [0.2, 0.25) is 0 Å². The maximum absolute atomic E-state index is 11.7. The van der Waals surface area contributed by atoms with Crippen LogP contribution in [0.15, 0.2) is 27.9 Å². The number of hydrazone groups is 1. The summed E-state index contributed by atoms with van der Waals surface area (Å²) < 4.78 is 15.3. The van der Waals surface area contributed by atoms with Crippen molar-refractivity contribution in [3.05, 3.63) is 23.8 Å². The van der Waals surface area contributed by atoms with Gasteiger partial charge in [0, 0.05) is 11.6 Å². The molecule has 24 heavy (non-hydrogen) atoms. The third-order valence-corrected chi connectivity index (χ3v) is 2.71. The molecule has 0 fully saturated rings. The van der Waals surface area contributed by atoms with E-state index in [0.29, 0.717) is 30.3 Å². The Morgan fingerprint density at radius 2 is 2.12 bits per heavy atom. The summed E-state index contributed by atoms with van der Waals surface area (Å²) in [6.45, 7) is 4.81. The van der Waals surface area contributed by atoms with Crippen molar-refractivity contribution < 1.29 is 18.9 Å². The molecule has 1 aromatic carbocycles. The Labute approximate surface area is 138 Å². The molecule has 10 nitrogen and oxygen atoms in total. The first kappa shape index (κ1) is 17.1. The van der Waals surface area contributed by atoms with Crippen LogP contribution >= 0.6 is 0 Å². The summed E-state index contributed by atoms with van der Waals surface area (Å²) >= 11 is 0. The maximum atomic E-state index is 11.7. The number of nitrogen functional groups attached to an aromatic ring is 1. The predicted octanol–water partition coefficient (Wildman–Crippen LogP) is 1.60. The number of anilines is 2. The lowest BCUT2D eigenvalue weighted by Crippen LogP contribution is -2.24. The van der Waals surface area contributed by atoms with Crippen LogP contribution in [0.3, 0.4) is 0 Å². The van der Waals surface area contributed by atoms with Gasteiger partial charge in [-0.2, -0.15) is 5.10 Å². The first-order valence-electron chi connectivity index (χ1n) is 7.21. The molecule has 0 unspecified atom stereocenters. The molecule has 0 spiro atoms. The van der Waals surface area contributed by atoms with E-state index in [9.17, 15) is 4.79 Å². The molecular formula is C14H18N6O4. The summed E-state index contributed by atoms with van der Waals surface area (Å²) in [5.41, 5.74) is 8.38. The highest BCUT2D eigenvalue weighted by Gasteiger charge is 2.09. The first-order chi connectivity index (χ1) is 11.6. The van der Waals surface area contributed by atoms with Crippen LogP contribution in [0.1, 0.15) is 19.4 Å². The highest BCUT2D eigenvalue weighted by atomic mass is 16.6. The number of hydrogen-bond acceptors (Lipinski definition) is 8. The van der Waals surface area contributed by atoms with E-state index in [0.717, 1.165) is 0 Å². The second kappa shape index (κ2) is 8.36. The Balaban J connectivity index is 1.99. The van der Waals surface area contributed by atoms with E-state index in [2.05, 4.69) is 30.8 Å². The zero-order valence-corrected chi connectivity index (χ0v) is 13.3. The van der Waals surface area contributed by atoms with Gasteiger partial charge >= 0.3 is 6.03 Å². The Kier molecular flexibility index (Phi) is 5.95. The second-order valence-corrected chi connectivity index (χ2v) is 4.39. The van der Waals surface area contributed by atoms with Gasteiger partial charge in [0.05, 0.1) is 19.4 Å². The zero-order chi connectivity index (χ0) is 17.4. The molecule has 0 aliphatic carbocycles. The van der Waals surface area contributed by atoms with E-state index in [4.69, 9.17) is 15.2 Å². The summed E-state index contributed by atoms with van der Waals surface area (Å²) in [6.07, 6.45) is 1.45. The van der Waals surface area contributed by atoms with Gasteiger partial charge in [-0.05, 0) is 36.3 Å². The van der Waals surface area contributed by atoms with Gasteiger partial charge < -0.3 is 15.2 Å². The highest BCUT2D eigenvalue weighted by molar-refractivity contribution is 5.91. The Morgan fingerprint density at radius 3 is 2.79 bits per heavy atom. The number of carbonyl (C=O) groups excluding carboxylic acids is 1. The van der Waals surface area contributed by atoms with E-state index < -0.39 is 6.03 Å². The number of nitrogens with one attached hydrogen (secondary N) is 2. The van der Waals surface area contributed by atoms with Gasteiger partial charge in [0.2, 0.25) is 11.6 Å². The first-order valence-corrected chi connectivity index (χ1v) is 7.21. The van der Waals surface area contributed by atoms with E-state index >= 15 is 0 Å².